The van der Waals surface area contributed by atoms with Gasteiger partial charge in [0.1, 0.15) is 16.7 Å². The van der Waals surface area contributed by atoms with Crippen LogP contribution in [0.15, 0.2) is 65.6 Å². The minimum absolute atomic E-state index is 0.0810. The van der Waals surface area contributed by atoms with Gasteiger partial charge in [-0.05, 0) is 47.5 Å². The van der Waals surface area contributed by atoms with E-state index in [0.29, 0.717) is 33.1 Å². The number of thiocarbonyl (C=S) groups is 1. The Labute approximate surface area is 184 Å². The molecule has 29 heavy (non-hydrogen) atoms. The van der Waals surface area contributed by atoms with Gasteiger partial charge in [-0.3, -0.25) is 9.69 Å². The van der Waals surface area contributed by atoms with Gasteiger partial charge in [-0.1, -0.05) is 78.0 Å². The lowest BCUT2D eigenvalue weighted by atomic mass is 10.1. The maximum Gasteiger partial charge on any atom is 0.266 e. The molecule has 0 bridgehead atoms. The summed E-state index contributed by atoms with van der Waals surface area (Å²) in [5.74, 6) is 0.589. The number of fused-ring (bicyclic) bond motifs is 1. The molecule has 146 valence electrons. The Balaban J connectivity index is 1.63. The predicted octanol–water partition coefficient (Wildman–Crippen LogP) is 6.29. The second-order valence-corrected chi connectivity index (χ2v) is 8.65. The van der Waals surface area contributed by atoms with Gasteiger partial charge in [0.2, 0.25) is 0 Å². The van der Waals surface area contributed by atoms with E-state index >= 15 is 0 Å². The highest BCUT2D eigenvalue weighted by atomic mass is 35.5. The quantitative estimate of drug-likeness (QED) is 0.345. The van der Waals surface area contributed by atoms with Crippen molar-refractivity contribution < 1.29 is 9.53 Å². The van der Waals surface area contributed by atoms with Crippen molar-refractivity contribution in [3.8, 4) is 5.75 Å². The van der Waals surface area contributed by atoms with Crippen LogP contribution >= 0.6 is 35.6 Å². The number of amides is 1. The van der Waals surface area contributed by atoms with Crippen LogP contribution in [0.25, 0.3) is 16.8 Å². The molecule has 1 saturated heterocycles. The third-order valence-corrected chi connectivity index (χ3v) is 6.32. The Hall–Kier alpha value is -2.34. The zero-order valence-electron chi connectivity index (χ0n) is 15.7. The lowest BCUT2D eigenvalue weighted by Crippen LogP contribution is -2.27. The summed E-state index contributed by atoms with van der Waals surface area (Å²) in [5, 5.41) is 2.92. The minimum atomic E-state index is -0.0810. The van der Waals surface area contributed by atoms with Gasteiger partial charge in [-0.15, -0.1) is 0 Å². The molecule has 0 spiro atoms. The second kappa shape index (κ2) is 8.57. The molecule has 0 aliphatic carbocycles. The van der Waals surface area contributed by atoms with Crippen molar-refractivity contribution in [1.82, 2.24) is 4.90 Å². The Kier molecular flexibility index (Phi) is 5.90. The minimum Gasteiger partial charge on any atom is -0.488 e. The average molecular weight is 440 g/mol. The molecule has 3 aromatic carbocycles. The largest absolute Gasteiger partial charge is 0.488 e. The third-order valence-electron chi connectivity index (χ3n) is 4.71. The number of halogens is 1. The van der Waals surface area contributed by atoms with Gasteiger partial charge in [-0.2, -0.15) is 0 Å². The van der Waals surface area contributed by atoms with E-state index in [-0.39, 0.29) is 5.91 Å². The molecule has 3 aromatic rings. The normalized spacial score (nSPS) is 15.5. The van der Waals surface area contributed by atoms with E-state index in [9.17, 15) is 4.79 Å². The fourth-order valence-electron chi connectivity index (χ4n) is 3.25. The van der Waals surface area contributed by atoms with Crippen LogP contribution in [0.4, 0.5) is 0 Å². The van der Waals surface area contributed by atoms with Crippen molar-refractivity contribution in [2.24, 2.45) is 0 Å². The van der Waals surface area contributed by atoms with Crippen molar-refractivity contribution in [2.75, 3.05) is 6.54 Å². The lowest BCUT2D eigenvalue weighted by molar-refractivity contribution is -0.121. The smallest absolute Gasteiger partial charge is 0.266 e. The van der Waals surface area contributed by atoms with Crippen LogP contribution in [0.2, 0.25) is 5.02 Å². The lowest BCUT2D eigenvalue weighted by Gasteiger charge is -2.12. The Bertz CT molecular complexity index is 1140. The number of thioether (sulfide) groups is 1. The van der Waals surface area contributed by atoms with Gasteiger partial charge in [0.25, 0.3) is 5.91 Å². The highest BCUT2D eigenvalue weighted by molar-refractivity contribution is 8.26. The highest BCUT2D eigenvalue weighted by Crippen LogP contribution is 2.35. The molecular weight excluding hydrogens is 422 g/mol. The standard InChI is InChI=1S/C23H18ClNO2S2/c1-2-25-22(26)21(29-23(25)28)13-17-12-18(24)10-11-20(17)27-14-16-8-5-7-15-6-3-4-9-19(15)16/h3-13H,2,14H2,1H3. The first kappa shape index (κ1) is 20.0. The van der Waals surface area contributed by atoms with E-state index in [1.54, 1.807) is 23.1 Å². The zero-order chi connectivity index (χ0) is 20.4. The molecule has 3 nitrogen and oxygen atoms in total. The Morgan fingerprint density at radius 2 is 1.93 bits per heavy atom. The van der Waals surface area contributed by atoms with Crippen molar-refractivity contribution in [2.45, 2.75) is 13.5 Å². The molecule has 6 heteroatoms. The maximum absolute atomic E-state index is 12.5. The first-order chi connectivity index (χ1) is 14.1. The first-order valence-electron chi connectivity index (χ1n) is 9.21. The number of carbonyl (C=O) groups excluding carboxylic acids is 1. The second-order valence-electron chi connectivity index (χ2n) is 6.54. The predicted molar refractivity (Wildman–Crippen MR) is 125 cm³/mol. The molecule has 0 radical (unpaired) electrons. The van der Waals surface area contributed by atoms with E-state index in [1.807, 2.05) is 31.2 Å². The van der Waals surface area contributed by atoms with Gasteiger partial charge < -0.3 is 4.74 Å². The summed E-state index contributed by atoms with van der Waals surface area (Å²) in [4.78, 5) is 14.7. The Morgan fingerprint density at radius 1 is 1.14 bits per heavy atom. The van der Waals surface area contributed by atoms with E-state index < -0.39 is 0 Å². The third kappa shape index (κ3) is 4.17. The molecule has 1 aliphatic heterocycles. The van der Waals surface area contributed by atoms with Crippen LogP contribution in [-0.2, 0) is 11.4 Å². The van der Waals surface area contributed by atoms with E-state index in [2.05, 4.69) is 24.3 Å². The van der Waals surface area contributed by atoms with E-state index in [4.69, 9.17) is 28.6 Å². The topological polar surface area (TPSA) is 29.5 Å². The van der Waals surface area contributed by atoms with Crippen LogP contribution in [0.3, 0.4) is 0 Å². The summed E-state index contributed by atoms with van der Waals surface area (Å²) in [7, 11) is 0. The van der Waals surface area contributed by atoms with Crippen molar-refractivity contribution in [3.63, 3.8) is 0 Å². The van der Waals surface area contributed by atoms with E-state index in [0.717, 1.165) is 16.5 Å². The van der Waals surface area contributed by atoms with Gasteiger partial charge in [0, 0.05) is 17.1 Å². The maximum atomic E-state index is 12.5. The van der Waals surface area contributed by atoms with E-state index in [1.165, 1.54) is 17.1 Å². The van der Waals surface area contributed by atoms with Gasteiger partial charge in [-0.25, -0.2) is 0 Å². The van der Waals surface area contributed by atoms with Crippen LogP contribution in [0.5, 0.6) is 5.75 Å². The summed E-state index contributed by atoms with van der Waals surface area (Å²) in [5.41, 5.74) is 1.86. The summed E-state index contributed by atoms with van der Waals surface area (Å²) in [6.45, 7) is 2.88. The molecule has 0 aromatic heterocycles. The number of benzene rings is 3. The average Bonchev–Trinajstić information content (AvgIpc) is 2.99. The molecule has 1 aliphatic rings. The summed E-state index contributed by atoms with van der Waals surface area (Å²) in [6, 6.07) is 19.8. The van der Waals surface area contributed by atoms with Gasteiger partial charge in [0.05, 0.1) is 4.91 Å². The molecule has 4 rings (SSSR count). The number of hydrogen-bond acceptors (Lipinski definition) is 4. The number of ether oxygens (including phenoxy) is 1. The Morgan fingerprint density at radius 3 is 2.72 bits per heavy atom. The molecule has 1 amide bonds. The van der Waals surface area contributed by atoms with Crippen LogP contribution in [0.1, 0.15) is 18.1 Å². The van der Waals surface area contributed by atoms with Crippen molar-refractivity contribution in [1.29, 1.82) is 0 Å². The van der Waals surface area contributed by atoms with Crippen LogP contribution in [-0.4, -0.2) is 21.7 Å². The first-order valence-corrected chi connectivity index (χ1v) is 10.8. The fourth-order valence-corrected chi connectivity index (χ4v) is 4.81. The van der Waals surface area contributed by atoms with Crippen LogP contribution < -0.4 is 4.74 Å². The molecule has 0 N–H and O–H groups in total. The summed E-state index contributed by atoms with van der Waals surface area (Å²) in [6.07, 6.45) is 1.80. The van der Waals surface area contributed by atoms with Gasteiger partial charge in [0.15, 0.2) is 0 Å². The molecule has 0 saturated carbocycles. The number of carbonyl (C=O) groups is 1. The summed E-state index contributed by atoms with van der Waals surface area (Å²) < 4.78 is 6.71. The summed E-state index contributed by atoms with van der Waals surface area (Å²) >= 11 is 12.8. The van der Waals surface area contributed by atoms with Crippen molar-refractivity contribution in [3.05, 3.63) is 81.7 Å². The van der Waals surface area contributed by atoms with Crippen molar-refractivity contribution >= 4 is 62.7 Å². The monoisotopic (exact) mass is 439 g/mol. The molecule has 0 unspecified atom stereocenters. The molecule has 1 heterocycles. The number of likely N-dealkylation sites (N-methyl/N-ethyl adjacent to an activating group) is 1. The number of rotatable bonds is 5. The number of hydrogen-bond donors (Lipinski definition) is 0. The molecular formula is C23H18ClNO2S2. The SMILES string of the molecule is CCN1C(=O)C(=Cc2cc(Cl)ccc2OCc2cccc3ccccc23)SC1=S. The van der Waals surface area contributed by atoms with Crippen LogP contribution in [0, 0.1) is 0 Å². The zero-order valence-corrected chi connectivity index (χ0v) is 18.1. The fraction of sp³-hybridized carbons (Fsp3) is 0.130. The number of nitrogens with zero attached hydrogens (tertiary/aromatic N) is 1. The highest BCUT2D eigenvalue weighted by Gasteiger charge is 2.30. The van der Waals surface area contributed by atoms with Gasteiger partial charge >= 0.3 is 0 Å². The molecule has 0 atom stereocenters. The molecule has 1 fully saturated rings.